The number of hydrogen-bond donors (Lipinski definition) is 0. The van der Waals surface area contributed by atoms with E-state index in [4.69, 9.17) is 0 Å². The van der Waals surface area contributed by atoms with Gasteiger partial charge in [-0.2, -0.15) is 10.0 Å². The molecule has 216 valence electrons. The Balaban J connectivity index is 1.39. The summed E-state index contributed by atoms with van der Waals surface area (Å²) in [4.78, 5) is 6.70. The van der Waals surface area contributed by atoms with E-state index < -0.39 is 10.0 Å². The fraction of sp³-hybridized carbons (Fsp3) is 0.0233. The van der Waals surface area contributed by atoms with Crippen molar-refractivity contribution in [2.24, 2.45) is 0 Å². The number of hydrogen-bond acceptors (Lipinski definition) is 1. The Kier molecular flexibility index (Phi) is 6.85. The van der Waals surface area contributed by atoms with Crippen LogP contribution < -0.4 is 4.90 Å². The van der Waals surface area contributed by atoms with Crippen LogP contribution in [-0.2, 0) is 0 Å². The molecule has 0 bridgehead atoms. The van der Waals surface area contributed by atoms with Crippen molar-refractivity contribution in [1.82, 2.24) is 0 Å². The quantitative estimate of drug-likeness (QED) is 0.185. The Morgan fingerprint density at radius 2 is 0.889 bits per heavy atom. The lowest BCUT2D eigenvalue weighted by Crippen LogP contribution is -2.12. The normalized spacial score (nSPS) is 16.3. The molecule has 7 aromatic carbocycles. The van der Waals surface area contributed by atoms with Gasteiger partial charge in [0.05, 0.1) is 11.4 Å². The lowest BCUT2D eigenvalue weighted by molar-refractivity contribution is 1.26. The fourth-order valence-electron chi connectivity index (χ4n) is 6.78. The minimum Gasteiger partial charge on any atom is -0.309 e. The molecule has 0 amide bonds. The average Bonchev–Trinajstić information content (AvgIpc) is 3.39. The monoisotopic (exact) mass is 595 g/mol. The highest BCUT2D eigenvalue weighted by Gasteiger charge is 2.39. The third-order valence-electron chi connectivity index (χ3n) is 8.96. The van der Waals surface area contributed by atoms with E-state index in [1.54, 1.807) is 0 Å². The van der Waals surface area contributed by atoms with Gasteiger partial charge in [-0.25, -0.2) is 0 Å². The second-order valence-electron chi connectivity index (χ2n) is 11.5. The molecule has 0 aromatic heterocycles. The number of fused-ring (bicyclic) bond motifs is 3. The molecule has 1 aliphatic rings. The van der Waals surface area contributed by atoms with Gasteiger partial charge >= 0.3 is 0 Å². The highest BCUT2D eigenvalue weighted by molar-refractivity contribution is 8.33. The lowest BCUT2D eigenvalue weighted by atomic mass is 9.98. The summed E-state index contributed by atoms with van der Waals surface area (Å²) in [6.07, 6.45) is 2.47. The van der Waals surface area contributed by atoms with Crippen LogP contribution >= 0.6 is 10.0 Å². The van der Waals surface area contributed by atoms with Gasteiger partial charge in [0.15, 0.2) is 0 Å². The Morgan fingerprint density at radius 3 is 1.60 bits per heavy atom. The molecule has 0 N–H and O–H groups in total. The van der Waals surface area contributed by atoms with Crippen LogP contribution in [0.1, 0.15) is 0 Å². The Hall–Kier alpha value is -5.31. The summed E-state index contributed by atoms with van der Waals surface area (Å²) in [5.74, 6) is 0. The summed E-state index contributed by atoms with van der Waals surface area (Å²) >= 11 is 0. The minimum absolute atomic E-state index is 1.13. The zero-order valence-electron chi connectivity index (χ0n) is 25.2. The van der Waals surface area contributed by atoms with Crippen molar-refractivity contribution in [3.8, 4) is 33.4 Å². The second-order valence-corrected chi connectivity index (χ2v) is 14.7. The zero-order valence-corrected chi connectivity index (χ0v) is 26.0. The first-order valence-electron chi connectivity index (χ1n) is 15.4. The van der Waals surface area contributed by atoms with Crippen LogP contribution in [-0.4, -0.2) is 6.26 Å². The van der Waals surface area contributed by atoms with E-state index in [0.717, 1.165) is 11.4 Å². The third-order valence-corrected chi connectivity index (χ3v) is 12.6. The molecule has 0 fully saturated rings. The molecule has 7 aromatic rings. The van der Waals surface area contributed by atoms with Crippen molar-refractivity contribution in [1.29, 1.82) is 0 Å². The Morgan fingerprint density at radius 1 is 0.378 bits per heavy atom. The number of nitrogens with zero attached hydrogens (tertiary/aromatic N) is 1. The number of benzene rings is 7. The summed E-state index contributed by atoms with van der Waals surface area (Å²) < 4.78 is 0. The molecule has 1 atom stereocenters. The van der Waals surface area contributed by atoms with Crippen molar-refractivity contribution in [2.75, 3.05) is 11.2 Å². The molecular weight excluding hydrogens is 563 g/mol. The molecule has 45 heavy (non-hydrogen) atoms. The van der Waals surface area contributed by atoms with E-state index in [0.29, 0.717) is 0 Å². The first kappa shape index (κ1) is 27.3. The third kappa shape index (κ3) is 4.58. The van der Waals surface area contributed by atoms with Gasteiger partial charge in [-0.1, -0.05) is 133 Å². The molecule has 0 saturated heterocycles. The Labute approximate surface area is 267 Å². The second kappa shape index (κ2) is 11.3. The van der Waals surface area contributed by atoms with Crippen LogP contribution in [0.2, 0.25) is 0 Å². The van der Waals surface area contributed by atoms with Crippen molar-refractivity contribution in [2.45, 2.75) is 14.7 Å². The predicted molar refractivity (Wildman–Crippen MR) is 192 cm³/mol. The SMILES string of the molecule is CS1(c2ccccc2)c2ccccc2-c2c(N(c3ccc(-c4ccccc4)cc3)c3ccccc3-c3ccccc3)cccc21. The lowest BCUT2D eigenvalue weighted by Gasteiger charge is -2.35. The number of rotatable bonds is 6. The van der Waals surface area contributed by atoms with E-state index in [-0.39, 0.29) is 0 Å². The van der Waals surface area contributed by atoms with Crippen LogP contribution in [0.15, 0.2) is 197 Å². The maximum atomic E-state index is 2.48. The van der Waals surface area contributed by atoms with Gasteiger partial charge < -0.3 is 4.90 Å². The van der Waals surface area contributed by atoms with Gasteiger partial charge in [0, 0.05) is 26.6 Å². The smallest absolute Gasteiger partial charge is 0.0551 e. The van der Waals surface area contributed by atoms with Crippen LogP contribution in [0.3, 0.4) is 0 Å². The molecule has 8 rings (SSSR count). The molecule has 1 nitrogen and oxygen atoms in total. The summed E-state index contributed by atoms with van der Waals surface area (Å²) in [7, 11) is -1.45. The van der Waals surface area contributed by atoms with E-state index >= 15 is 0 Å². The van der Waals surface area contributed by atoms with E-state index in [1.165, 1.54) is 53.8 Å². The summed E-state index contributed by atoms with van der Waals surface area (Å²) in [6, 6.07) is 66.2. The predicted octanol–water partition coefficient (Wildman–Crippen LogP) is 12.4. The summed E-state index contributed by atoms with van der Waals surface area (Å²) in [5.41, 5.74) is 11.0. The van der Waals surface area contributed by atoms with Crippen LogP contribution in [0.25, 0.3) is 33.4 Å². The summed E-state index contributed by atoms with van der Waals surface area (Å²) in [6.45, 7) is 0. The topological polar surface area (TPSA) is 3.24 Å². The van der Waals surface area contributed by atoms with Gasteiger partial charge in [-0.05, 0) is 81.9 Å². The molecule has 1 heterocycles. The van der Waals surface area contributed by atoms with Crippen LogP contribution in [0, 0.1) is 0 Å². The highest BCUT2D eigenvalue weighted by Crippen LogP contribution is 2.75. The zero-order chi connectivity index (χ0) is 30.2. The number of para-hydroxylation sites is 1. The molecule has 1 unspecified atom stereocenters. The first-order valence-corrected chi connectivity index (χ1v) is 17.4. The standard InChI is InChI=1S/C43H33NS/c1-45(36-20-9-4-10-21-36)41-26-14-12-23-38(41)43-40(25-15-27-42(43)45)44(35-30-28-33(29-31-35)32-16-5-2-6-17-32)39-24-13-11-22-37(39)34-18-7-3-8-19-34/h2-31H,1H3. The molecular formula is C43H33NS. The number of anilines is 3. The molecule has 0 spiro atoms. The molecule has 2 heteroatoms. The largest absolute Gasteiger partial charge is 0.309 e. The van der Waals surface area contributed by atoms with Gasteiger partial charge in [-0.3, -0.25) is 0 Å². The highest BCUT2D eigenvalue weighted by atomic mass is 32.3. The molecule has 0 aliphatic carbocycles. The van der Waals surface area contributed by atoms with Crippen molar-refractivity contribution in [3.05, 3.63) is 182 Å². The van der Waals surface area contributed by atoms with Gasteiger partial charge in [0.2, 0.25) is 0 Å². The van der Waals surface area contributed by atoms with Crippen molar-refractivity contribution >= 4 is 27.1 Å². The van der Waals surface area contributed by atoms with E-state index in [9.17, 15) is 0 Å². The molecule has 1 aliphatic heterocycles. The maximum Gasteiger partial charge on any atom is 0.0551 e. The van der Waals surface area contributed by atoms with Gasteiger partial charge in [0.25, 0.3) is 0 Å². The molecule has 0 saturated carbocycles. The van der Waals surface area contributed by atoms with E-state index in [2.05, 4.69) is 193 Å². The van der Waals surface area contributed by atoms with Crippen molar-refractivity contribution < 1.29 is 0 Å². The van der Waals surface area contributed by atoms with E-state index in [1.807, 2.05) is 0 Å². The first-order chi connectivity index (χ1) is 22.2. The summed E-state index contributed by atoms with van der Waals surface area (Å²) in [5, 5.41) is 0. The maximum absolute atomic E-state index is 2.48. The van der Waals surface area contributed by atoms with Crippen molar-refractivity contribution in [3.63, 3.8) is 0 Å². The van der Waals surface area contributed by atoms with Gasteiger partial charge in [0.1, 0.15) is 0 Å². The van der Waals surface area contributed by atoms with Gasteiger partial charge in [-0.15, -0.1) is 0 Å². The minimum atomic E-state index is -1.45. The molecule has 0 radical (unpaired) electrons. The van der Waals surface area contributed by atoms with Crippen LogP contribution in [0.5, 0.6) is 0 Å². The van der Waals surface area contributed by atoms with Crippen LogP contribution in [0.4, 0.5) is 17.1 Å². The fourth-order valence-corrected chi connectivity index (χ4v) is 10.2. The average molecular weight is 596 g/mol. The Bertz CT molecular complexity index is 2100.